The lowest BCUT2D eigenvalue weighted by atomic mass is 10.1. The van der Waals surface area contributed by atoms with Crippen molar-refractivity contribution in [1.29, 1.82) is 0 Å². The molecule has 5 heteroatoms. The molecule has 2 rings (SSSR count). The highest BCUT2D eigenvalue weighted by Gasteiger charge is 2.08. The number of nitrogen functional groups attached to an aromatic ring is 1. The lowest BCUT2D eigenvalue weighted by Crippen LogP contribution is -2.05. The Morgan fingerprint density at radius 3 is 2.55 bits per heavy atom. The Morgan fingerprint density at radius 1 is 1.15 bits per heavy atom. The highest BCUT2D eigenvalue weighted by Crippen LogP contribution is 2.27. The first-order chi connectivity index (χ1) is 9.74. The second kappa shape index (κ2) is 6.75. The molecule has 20 heavy (non-hydrogen) atoms. The van der Waals surface area contributed by atoms with Crippen LogP contribution >= 0.6 is 0 Å². The summed E-state index contributed by atoms with van der Waals surface area (Å²) in [5.41, 5.74) is 8.67. The van der Waals surface area contributed by atoms with Gasteiger partial charge in [0.1, 0.15) is 12.0 Å². The van der Waals surface area contributed by atoms with Gasteiger partial charge in [-0.05, 0) is 31.0 Å². The Kier molecular flexibility index (Phi) is 4.76. The summed E-state index contributed by atoms with van der Waals surface area (Å²) in [7, 11) is 0. The molecule has 0 saturated carbocycles. The highest BCUT2D eigenvalue weighted by molar-refractivity contribution is 5.72. The van der Waals surface area contributed by atoms with E-state index in [1.807, 2.05) is 19.1 Å². The number of anilines is 3. The lowest BCUT2D eigenvalue weighted by Gasteiger charge is -2.11. The number of nitrogens with one attached hydrogen (secondary N) is 1. The molecule has 0 aliphatic rings. The minimum atomic E-state index is 0.410. The predicted molar refractivity (Wildman–Crippen MR) is 81.3 cm³/mol. The standard InChI is InChI=1S/C15H20N4O/c1-3-5-11-6-8-12(9-7-11)19-14-13(16)15(20-4-2)18-10-17-14/h6-10H,3-5,16H2,1-2H3,(H,17,18,19). The van der Waals surface area contributed by atoms with Gasteiger partial charge in [-0.1, -0.05) is 25.5 Å². The second-order valence-corrected chi connectivity index (χ2v) is 4.45. The van der Waals surface area contributed by atoms with Gasteiger partial charge in [0.25, 0.3) is 0 Å². The summed E-state index contributed by atoms with van der Waals surface area (Å²) in [6.07, 6.45) is 3.67. The zero-order valence-corrected chi connectivity index (χ0v) is 11.9. The van der Waals surface area contributed by atoms with E-state index in [-0.39, 0.29) is 0 Å². The van der Waals surface area contributed by atoms with Crippen LogP contribution in [0.15, 0.2) is 30.6 Å². The van der Waals surface area contributed by atoms with Crippen LogP contribution in [0.3, 0.4) is 0 Å². The molecule has 0 fully saturated rings. The first-order valence-corrected chi connectivity index (χ1v) is 6.83. The minimum Gasteiger partial charge on any atom is -0.476 e. The number of rotatable bonds is 6. The van der Waals surface area contributed by atoms with E-state index in [1.165, 1.54) is 11.9 Å². The van der Waals surface area contributed by atoms with Crippen molar-refractivity contribution in [3.63, 3.8) is 0 Å². The van der Waals surface area contributed by atoms with E-state index in [9.17, 15) is 0 Å². The summed E-state index contributed by atoms with van der Waals surface area (Å²) in [6, 6.07) is 8.25. The first-order valence-electron chi connectivity index (χ1n) is 6.83. The summed E-state index contributed by atoms with van der Waals surface area (Å²) < 4.78 is 5.35. The molecule has 1 heterocycles. The van der Waals surface area contributed by atoms with Crippen LogP contribution in [0.25, 0.3) is 0 Å². The molecule has 0 spiro atoms. The Balaban J connectivity index is 2.15. The zero-order valence-electron chi connectivity index (χ0n) is 11.9. The van der Waals surface area contributed by atoms with Gasteiger partial charge in [0, 0.05) is 5.69 Å². The van der Waals surface area contributed by atoms with Gasteiger partial charge >= 0.3 is 0 Å². The number of nitrogens with zero attached hydrogens (tertiary/aromatic N) is 2. The van der Waals surface area contributed by atoms with Gasteiger partial charge in [0.2, 0.25) is 5.88 Å². The number of nitrogens with two attached hydrogens (primary N) is 1. The van der Waals surface area contributed by atoms with Crippen molar-refractivity contribution in [2.45, 2.75) is 26.7 Å². The Labute approximate surface area is 119 Å². The van der Waals surface area contributed by atoms with Gasteiger partial charge in [0.05, 0.1) is 6.61 Å². The summed E-state index contributed by atoms with van der Waals surface area (Å²) in [6.45, 7) is 4.58. The molecule has 1 aromatic carbocycles. The molecular weight excluding hydrogens is 252 g/mol. The Bertz CT molecular complexity index is 554. The molecule has 1 aromatic heterocycles. The van der Waals surface area contributed by atoms with E-state index in [0.29, 0.717) is 24.0 Å². The van der Waals surface area contributed by atoms with Crippen molar-refractivity contribution in [3.8, 4) is 5.88 Å². The first kappa shape index (κ1) is 14.1. The molecule has 2 aromatic rings. The highest BCUT2D eigenvalue weighted by atomic mass is 16.5. The average molecular weight is 272 g/mol. The molecule has 0 aliphatic heterocycles. The largest absolute Gasteiger partial charge is 0.476 e. The van der Waals surface area contributed by atoms with Crippen LogP contribution < -0.4 is 15.8 Å². The summed E-state index contributed by atoms with van der Waals surface area (Å²) >= 11 is 0. The molecule has 0 amide bonds. The molecule has 0 saturated heterocycles. The van der Waals surface area contributed by atoms with Crippen LogP contribution in [0.1, 0.15) is 25.8 Å². The fraction of sp³-hybridized carbons (Fsp3) is 0.333. The monoisotopic (exact) mass is 272 g/mol. The maximum atomic E-state index is 5.98. The van der Waals surface area contributed by atoms with Crippen LogP contribution in [0.2, 0.25) is 0 Å². The van der Waals surface area contributed by atoms with Crippen molar-refractivity contribution in [1.82, 2.24) is 9.97 Å². The number of benzene rings is 1. The average Bonchev–Trinajstić information content (AvgIpc) is 2.46. The predicted octanol–water partition coefficient (Wildman–Crippen LogP) is 3.15. The third-order valence-electron chi connectivity index (χ3n) is 2.88. The maximum absolute atomic E-state index is 5.98. The smallest absolute Gasteiger partial charge is 0.242 e. The van der Waals surface area contributed by atoms with Gasteiger partial charge in [-0.3, -0.25) is 0 Å². The topological polar surface area (TPSA) is 73.1 Å². The second-order valence-electron chi connectivity index (χ2n) is 4.45. The molecule has 0 unspecified atom stereocenters. The lowest BCUT2D eigenvalue weighted by molar-refractivity contribution is 0.328. The van der Waals surface area contributed by atoms with Crippen molar-refractivity contribution in [2.24, 2.45) is 0 Å². The number of ether oxygens (including phenoxy) is 1. The van der Waals surface area contributed by atoms with E-state index in [2.05, 4.69) is 34.3 Å². The molecule has 0 aliphatic carbocycles. The van der Waals surface area contributed by atoms with Gasteiger partial charge in [-0.25, -0.2) is 4.98 Å². The summed E-state index contributed by atoms with van der Waals surface area (Å²) in [5.74, 6) is 0.972. The molecule has 3 N–H and O–H groups in total. The van der Waals surface area contributed by atoms with Crippen LogP contribution in [0.5, 0.6) is 5.88 Å². The van der Waals surface area contributed by atoms with E-state index in [4.69, 9.17) is 10.5 Å². The third kappa shape index (κ3) is 3.38. The van der Waals surface area contributed by atoms with Crippen LogP contribution in [0, 0.1) is 0 Å². The number of aryl methyl sites for hydroxylation is 1. The Hall–Kier alpha value is -2.30. The maximum Gasteiger partial charge on any atom is 0.242 e. The Morgan fingerprint density at radius 2 is 1.90 bits per heavy atom. The van der Waals surface area contributed by atoms with Crippen molar-refractivity contribution in [2.75, 3.05) is 17.7 Å². The van der Waals surface area contributed by atoms with Crippen LogP contribution in [0.4, 0.5) is 17.2 Å². The van der Waals surface area contributed by atoms with Crippen molar-refractivity contribution in [3.05, 3.63) is 36.2 Å². The number of hydrogen-bond acceptors (Lipinski definition) is 5. The van der Waals surface area contributed by atoms with Crippen LogP contribution in [-0.2, 0) is 6.42 Å². The molecule has 0 atom stereocenters. The zero-order chi connectivity index (χ0) is 14.4. The van der Waals surface area contributed by atoms with Crippen molar-refractivity contribution >= 4 is 17.2 Å². The quantitative estimate of drug-likeness (QED) is 0.845. The molecule has 0 radical (unpaired) electrons. The van der Waals surface area contributed by atoms with Gasteiger partial charge in [-0.2, -0.15) is 4.98 Å². The van der Waals surface area contributed by atoms with Gasteiger partial charge in [-0.15, -0.1) is 0 Å². The van der Waals surface area contributed by atoms with Crippen LogP contribution in [-0.4, -0.2) is 16.6 Å². The summed E-state index contributed by atoms with van der Waals surface area (Å²) in [4.78, 5) is 8.16. The van der Waals surface area contributed by atoms with E-state index in [0.717, 1.165) is 18.5 Å². The number of hydrogen-bond donors (Lipinski definition) is 2. The van der Waals surface area contributed by atoms with Gasteiger partial charge < -0.3 is 15.8 Å². The van der Waals surface area contributed by atoms with Crippen molar-refractivity contribution < 1.29 is 4.74 Å². The van der Waals surface area contributed by atoms with E-state index in [1.54, 1.807) is 0 Å². The normalized spacial score (nSPS) is 10.3. The molecular formula is C15H20N4O. The van der Waals surface area contributed by atoms with Gasteiger partial charge in [0.15, 0.2) is 5.82 Å². The minimum absolute atomic E-state index is 0.410. The fourth-order valence-corrected chi connectivity index (χ4v) is 1.91. The molecule has 106 valence electrons. The number of aromatic nitrogens is 2. The van der Waals surface area contributed by atoms with E-state index >= 15 is 0 Å². The van der Waals surface area contributed by atoms with E-state index < -0.39 is 0 Å². The molecule has 5 nitrogen and oxygen atoms in total. The fourth-order valence-electron chi connectivity index (χ4n) is 1.91. The molecule has 0 bridgehead atoms. The SMILES string of the molecule is CCCc1ccc(Nc2ncnc(OCC)c2N)cc1. The summed E-state index contributed by atoms with van der Waals surface area (Å²) in [5, 5.41) is 3.18. The third-order valence-corrected chi connectivity index (χ3v) is 2.88.